The molecule has 1 aliphatic carbocycles. The predicted octanol–water partition coefficient (Wildman–Crippen LogP) is 3.80. The summed E-state index contributed by atoms with van der Waals surface area (Å²) in [6.07, 6.45) is 8.42. The number of unbranched alkanes of at least 4 members (excludes halogenated alkanes) is 1. The van der Waals surface area contributed by atoms with Crippen molar-refractivity contribution in [1.29, 1.82) is 0 Å². The Kier molecular flexibility index (Phi) is 5.64. The van der Waals surface area contributed by atoms with Gasteiger partial charge in [-0.15, -0.1) is 11.3 Å². The molecule has 2 rings (SSSR count). The van der Waals surface area contributed by atoms with Crippen LogP contribution in [0.25, 0.3) is 0 Å². The second-order valence-corrected chi connectivity index (χ2v) is 6.66. The van der Waals surface area contributed by atoms with Crippen molar-refractivity contribution in [1.82, 2.24) is 10.3 Å². The Morgan fingerprint density at radius 2 is 2.26 bits per heavy atom. The molecular weight excluding hydrogens is 254 g/mol. The number of nitrogens with zero attached hydrogens (tertiary/aromatic N) is 2. The van der Waals surface area contributed by atoms with E-state index >= 15 is 0 Å². The van der Waals surface area contributed by atoms with Crippen LogP contribution in [-0.2, 0) is 6.54 Å². The SMILES string of the molecule is CCCCN(c1ncc(CNC2CC2)s1)C(C)CC. The zero-order chi connectivity index (χ0) is 13.7. The Hall–Kier alpha value is -0.610. The van der Waals surface area contributed by atoms with Crippen LogP contribution >= 0.6 is 11.3 Å². The van der Waals surface area contributed by atoms with Crippen molar-refractivity contribution in [3.63, 3.8) is 0 Å². The summed E-state index contributed by atoms with van der Waals surface area (Å²) in [7, 11) is 0. The second kappa shape index (κ2) is 7.25. The Morgan fingerprint density at radius 3 is 2.89 bits per heavy atom. The summed E-state index contributed by atoms with van der Waals surface area (Å²) in [5, 5.41) is 4.77. The van der Waals surface area contributed by atoms with Gasteiger partial charge in [-0.1, -0.05) is 20.3 Å². The lowest BCUT2D eigenvalue weighted by Crippen LogP contribution is -2.33. The highest BCUT2D eigenvalue weighted by Crippen LogP contribution is 2.27. The van der Waals surface area contributed by atoms with Gasteiger partial charge in [0.15, 0.2) is 5.13 Å². The van der Waals surface area contributed by atoms with Crippen LogP contribution in [0.5, 0.6) is 0 Å². The normalized spacial score (nSPS) is 16.6. The van der Waals surface area contributed by atoms with Gasteiger partial charge >= 0.3 is 0 Å². The first-order valence-electron chi connectivity index (χ1n) is 7.69. The molecule has 1 fully saturated rings. The summed E-state index contributed by atoms with van der Waals surface area (Å²) < 4.78 is 0. The van der Waals surface area contributed by atoms with Gasteiger partial charge in [-0.05, 0) is 32.6 Å². The van der Waals surface area contributed by atoms with Gasteiger partial charge in [-0.2, -0.15) is 0 Å². The smallest absolute Gasteiger partial charge is 0.185 e. The number of anilines is 1. The number of thiazole rings is 1. The maximum atomic E-state index is 4.64. The minimum atomic E-state index is 0.585. The molecule has 1 aromatic heterocycles. The molecule has 1 atom stereocenters. The minimum Gasteiger partial charge on any atom is -0.345 e. The Morgan fingerprint density at radius 1 is 1.47 bits per heavy atom. The molecule has 1 unspecified atom stereocenters. The number of hydrogen-bond donors (Lipinski definition) is 1. The molecule has 19 heavy (non-hydrogen) atoms. The quantitative estimate of drug-likeness (QED) is 0.746. The molecule has 0 saturated heterocycles. The molecule has 3 nitrogen and oxygen atoms in total. The molecule has 1 heterocycles. The molecule has 1 saturated carbocycles. The molecular formula is C15H27N3S. The fourth-order valence-electron chi connectivity index (χ4n) is 2.10. The highest BCUT2D eigenvalue weighted by Gasteiger charge is 2.21. The lowest BCUT2D eigenvalue weighted by atomic mass is 10.2. The third-order valence-electron chi connectivity index (χ3n) is 3.80. The van der Waals surface area contributed by atoms with Crippen LogP contribution in [0, 0.1) is 0 Å². The summed E-state index contributed by atoms with van der Waals surface area (Å²) >= 11 is 1.86. The average molecular weight is 281 g/mol. The van der Waals surface area contributed by atoms with E-state index in [9.17, 15) is 0 Å². The molecule has 0 radical (unpaired) electrons. The summed E-state index contributed by atoms with van der Waals surface area (Å²) in [6, 6.07) is 1.36. The fourth-order valence-corrected chi connectivity index (χ4v) is 3.09. The maximum absolute atomic E-state index is 4.64. The van der Waals surface area contributed by atoms with E-state index in [1.807, 2.05) is 11.3 Å². The minimum absolute atomic E-state index is 0.585. The molecule has 0 bridgehead atoms. The first kappa shape index (κ1) is 14.8. The molecule has 1 aromatic rings. The molecule has 0 amide bonds. The van der Waals surface area contributed by atoms with Gasteiger partial charge in [0.1, 0.15) is 0 Å². The molecule has 0 aromatic carbocycles. The third-order valence-corrected chi connectivity index (χ3v) is 4.84. The standard InChI is InChI=1S/C15H27N3S/c1-4-6-9-18(12(3)5-2)15-17-11-14(19-15)10-16-13-7-8-13/h11-13,16H,4-10H2,1-3H3. The molecule has 4 heteroatoms. The van der Waals surface area contributed by atoms with E-state index in [1.165, 1.54) is 42.1 Å². The van der Waals surface area contributed by atoms with E-state index in [1.54, 1.807) is 0 Å². The third kappa shape index (κ3) is 4.46. The monoisotopic (exact) mass is 281 g/mol. The highest BCUT2D eigenvalue weighted by molar-refractivity contribution is 7.15. The summed E-state index contributed by atoms with van der Waals surface area (Å²) in [4.78, 5) is 8.49. The van der Waals surface area contributed by atoms with Crippen molar-refractivity contribution < 1.29 is 0 Å². The average Bonchev–Trinajstić information content (AvgIpc) is 3.15. The highest BCUT2D eigenvalue weighted by atomic mass is 32.1. The van der Waals surface area contributed by atoms with E-state index in [4.69, 9.17) is 0 Å². The number of aromatic nitrogens is 1. The van der Waals surface area contributed by atoms with Gasteiger partial charge < -0.3 is 10.2 Å². The summed E-state index contributed by atoms with van der Waals surface area (Å²) in [5.74, 6) is 0. The van der Waals surface area contributed by atoms with E-state index in [0.717, 1.165) is 19.1 Å². The lowest BCUT2D eigenvalue weighted by Gasteiger charge is -2.28. The molecule has 108 valence electrons. The first-order chi connectivity index (χ1) is 9.24. The van der Waals surface area contributed by atoms with Gasteiger partial charge in [-0.25, -0.2) is 4.98 Å². The van der Waals surface area contributed by atoms with E-state index in [-0.39, 0.29) is 0 Å². The van der Waals surface area contributed by atoms with Crippen molar-refractivity contribution in [3.05, 3.63) is 11.1 Å². The zero-order valence-electron chi connectivity index (χ0n) is 12.5. The maximum Gasteiger partial charge on any atom is 0.185 e. The Bertz CT molecular complexity index is 373. The first-order valence-corrected chi connectivity index (χ1v) is 8.51. The van der Waals surface area contributed by atoms with E-state index < -0.39 is 0 Å². The largest absolute Gasteiger partial charge is 0.345 e. The number of rotatable bonds is 9. The predicted molar refractivity (Wildman–Crippen MR) is 84.0 cm³/mol. The zero-order valence-corrected chi connectivity index (χ0v) is 13.3. The van der Waals surface area contributed by atoms with Crippen molar-refractivity contribution in [2.45, 2.75) is 71.5 Å². The van der Waals surface area contributed by atoms with Crippen molar-refractivity contribution in [2.24, 2.45) is 0 Å². The molecule has 1 aliphatic rings. The van der Waals surface area contributed by atoms with E-state index in [0.29, 0.717) is 6.04 Å². The van der Waals surface area contributed by atoms with Crippen molar-refractivity contribution >= 4 is 16.5 Å². The van der Waals surface area contributed by atoms with Crippen LogP contribution in [0.4, 0.5) is 5.13 Å². The number of hydrogen-bond acceptors (Lipinski definition) is 4. The second-order valence-electron chi connectivity index (χ2n) is 5.57. The van der Waals surface area contributed by atoms with Crippen LogP contribution in [0.3, 0.4) is 0 Å². The van der Waals surface area contributed by atoms with Crippen LogP contribution in [0.15, 0.2) is 6.20 Å². The van der Waals surface area contributed by atoms with Crippen LogP contribution in [0.1, 0.15) is 57.8 Å². The topological polar surface area (TPSA) is 28.2 Å². The molecule has 0 aliphatic heterocycles. The van der Waals surface area contributed by atoms with Gasteiger partial charge in [0, 0.05) is 36.2 Å². The van der Waals surface area contributed by atoms with Gasteiger partial charge in [0.2, 0.25) is 0 Å². The summed E-state index contributed by atoms with van der Waals surface area (Å²) in [5.41, 5.74) is 0. The van der Waals surface area contributed by atoms with Crippen LogP contribution in [-0.4, -0.2) is 23.6 Å². The van der Waals surface area contributed by atoms with E-state index in [2.05, 4.69) is 42.2 Å². The van der Waals surface area contributed by atoms with Crippen molar-refractivity contribution in [2.75, 3.05) is 11.4 Å². The molecule has 1 N–H and O–H groups in total. The van der Waals surface area contributed by atoms with Crippen LogP contribution in [0.2, 0.25) is 0 Å². The Balaban J connectivity index is 1.94. The number of nitrogens with one attached hydrogen (secondary N) is 1. The van der Waals surface area contributed by atoms with Crippen molar-refractivity contribution in [3.8, 4) is 0 Å². The van der Waals surface area contributed by atoms with Gasteiger partial charge in [-0.3, -0.25) is 0 Å². The molecule has 0 spiro atoms. The van der Waals surface area contributed by atoms with Gasteiger partial charge in [0.25, 0.3) is 0 Å². The summed E-state index contributed by atoms with van der Waals surface area (Å²) in [6.45, 7) is 8.94. The fraction of sp³-hybridized carbons (Fsp3) is 0.800. The van der Waals surface area contributed by atoms with Gasteiger partial charge in [0.05, 0.1) is 0 Å². The van der Waals surface area contributed by atoms with Crippen LogP contribution < -0.4 is 10.2 Å². The lowest BCUT2D eigenvalue weighted by molar-refractivity contribution is 0.594. The Labute approximate surface area is 121 Å².